The van der Waals surface area contributed by atoms with Crippen LogP contribution < -0.4 is 10.6 Å². The Hall–Kier alpha value is -1.93. The lowest BCUT2D eigenvalue weighted by Gasteiger charge is -2.32. The Labute approximate surface area is 147 Å². The number of piperazine rings is 1. The highest BCUT2D eigenvalue weighted by Crippen LogP contribution is 2.19. The Morgan fingerprint density at radius 3 is 2.64 bits per heavy atom. The number of carbonyl (C=O) groups is 2. The van der Waals surface area contributed by atoms with Gasteiger partial charge in [0.15, 0.2) is 5.82 Å². The maximum absolute atomic E-state index is 12.3. The lowest BCUT2D eigenvalue weighted by molar-refractivity contribution is -0.132. The number of hydrogen-bond donors (Lipinski definition) is 2. The molecule has 3 rings (SSSR count). The lowest BCUT2D eigenvalue weighted by atomic mass is 9.96. The fraction of sp³-hybridized carbons (Fsp3) is 0.706. The van der Waals surface area contributed by atoms with Crippen molar-refractivity contribution in [2.45, 2.75) is 26.2 Å². The smallest absolute Gasteiger partial charge is 0.228 e. The molecule has 2 fully saturated rings. The van der Waals surface area contributed by atoms with Crippen LogP contribution in [0.4, 0.5) is 5.82 Å². The second kappa shape index (κ2) is 8.44. The van der Waals surface area contributed by atoms with E-state index in [1.807, 2.05) is 4.90 Å². The number of aryl methyl sites for hydroxylation is 1. The molecule has 0 saturated carbocycles. The van der Waals surface area contributed by atoms with Gasteiger partial charge in [0.25, 0.3) is 0 Å². The molecule has 0 atom stereocenters. The number of aromatic nitrogens is 1. The first-order chi connectivity index (χ1) is 12.1. The number of likely N-dealkylation sites (tertiary alicyclic amines) is 1. The van der Waals surface area contributed by atoms with Crippen molar-refractivity contribution in [3.63, 3.8) is 0 Å². The summed E-state index contributed by atoms with van der Waals surface area (Å²) >= 11 is 0. The average Bonchev–Trinajstić information content (AvgIpc) is 3.05. The molecule has 1 aromatic heterocycles. The summed E-state index contributed by atoms with van der Waals surface area (Å²) in [5.74, 6) is 1.40. The second-order valence-electron chi connectivity index (χ2n) is 6.81. The Bertz CT molecular complexity index is 589. The average molecular weight is 349 g/mol. The minimum absolute atomic E-state index is 0.00266. The summed E-state index contributed by atoms with van der Waals surface area (Å²) in [6.07, 6.45) is 2.18. The van der Waals surface area contributed by atoms with E-state index in [0.29, 0.717) is 18.0 Å². The van der Waals surface area contributed by atoms with Gasteiger partial charge in [-0.25, -0.2) is 0 Å². The monoisotopic (exact) mass is 349 g/mol. The van der Waals surface area contributed by atoms with E-state index in [9.17, 15) is 9.59 Å². The Balaban J connectivity index is 1.36. The van der Waals surface area contributed by atoms with Crippen molar-refractivity contribution in [1.82, 2.24) is 20.3 Å². The first-order valence-electron chi connectivity index (χ1n) is 9.07. The molecular formula is C17H27N5O3. The van der Waals surface area contributed by atoms with Gasteiger partial charge in [0.05, 0.1) is 0 Å². The van der Waals surface area contributed by atoms with Crippen molar-refractivity contribution in [2.24, 2.45) is 5.92 Å². The summed E-state index contributed by atoms with van der Waals surface area (Å²) in [6, 6.07) is 1.72. The minimum Gasteiger partial charge on any atom is -0.360 e. The van der Waals surface area contributed by atoms with Crippen LogP contribution in [0.3, 0.4) is 0 Å². The van der Waals surface area contributed by atoms with Crippen molar-refractivity contribution in [2.75, 3.05) is 51.1 Å². The van der Waals surface area contributed by atoms with Crippen molar-refractivity contribution < 1.29 is 14.1 Å². The number of hydrogen-bond acceptors (Lipinski definition) is 6. The van der Waals surface area contributed by atoms with Gasteiger partial charge in [0.1, 0.15) is 5.76 Å². The number of carbonyl (C=O) groups excluding carboxylic acids is 2. The number of anilines is 1. The summed E-state index contributed by atoms with van der Waals surface area (Å²) < 4.78 is 4.96. The molecular weight excluding hydrogens is 322 g/mol. The maximum atomic E-state index is 12.3. The number of amides is 2. The summed E-state index contributed by atoms with van der Waals surface area (Å²) in [4.78, 5) is 28.7. The third-order valence-electron chi connectivity index (χ3n) is 4.95. The normalized spacial score (nSPS) is 19.8. The molecule has 0 aromatic carbocycles. The van der Waals surface area contributed by atoms with Gasteiger partial charge in [-0.05, 0) is 32.9 Å². The SMILES string of the molecule is Cc1cc(NC(=O)C2CCN(CCC(=O)N3CCNCC3)CC2)no1. The molecule has 8 nitrogen and oxygen atoms in total. The molecule has 0 aliphatic carbocycles. The molecule has 0 bridgehead atoms. The Morgan fingerprint density at radius 2 is 2.00 bits per heavy atom. The van der Waals surface area contributed by atoms with Crippen LogP contribution >= 0.6 is 0 Å². The van der Waals surface area contributed by atoms with E-state index < -0.39 is 0 Å². The molecule has 2 aliphatic rings. The van der Waals surface area contributed by atoms with Crippen LogP contribution in [0.1, 0.15) is 25.0 Å². The van der Waals surface area contributed by atoms with Crippen LogP contribution in [-0.4, -0.2) is 72.6 Å². The molecule has 0 radical (unpaired) electrons. The Kier molecular flexibility index (Phi) is 6.04. The van der Waals surface area contributed by atoms with Crippen LogP contribution in [-0.2, 0) is 9.59 Å². The number of piperidine rings is 1. The minimum atomic E-state index is -0.00266. The quantitative estimate of drug-likeness (QED) is 0.802. The van der Waals surface area contributed by atoms with E-state index in [0.717, 1.165) is 58.7 Å². The van der Waals surface area contributed by atoms with E-state index in [4.69, 9.17) is 4.52 Å². The van der Waals surface area contributed by atoms with Crippen LogP contribution in [0.5, 0.6) is 0 Å². The van der Waals surface area contributed by atoms with Crippen LogP contribution in [0.25, 0.3) is 0 Å². The first kappa shape index (κ1) is 17.9. The molecule has 138 valence electrons. The van der Waals surface area contributed by atoms with Crippen LogP contribution in [0.15, 0.2) is 10.6 Å². The molecule has 2 saturated heterocycles. The van der Waals surface area contributed by atoms with E-state index in [1.54, 1.807) is 13.0 Å². The fourth-order valence-corrected chi connectivity index (χ4v) is 3.40. The number of rotatable bonds is 5. The number of nitrogens with one attached hydrogen (secondary N) is 2. The van der Waals surface area contributed by atoms with Gasteiger partial charge in [-0.1, -0.05) is 5.16 Å². The van der Waals surface area contributed by atoms with Crippen molar-refractivity contribution in [3.05, 3.63) is 11.8 Å². The van der Waals surface area contributed by atoms with Gasteiger partial charge in [-0.2, -0.15) is 0 Å². The molecule has 2 amide bonds. The highest BCUT2D eigenvalue weighted by molar-refractivity contribution is 5.91. The van der Waals surface area contributed by atoms with E-state index in [1.165, 1.54) is 0 Å². The fourth-order valence-electron chi connectivity index (χ4n) is 3.40. The molecule has 1 aromatic rings. The summed E-state index contributed by atoms with van der Waals surface area (Å²) in [5, 5.41) is 9.86. The molecule has 0 spiro atoms. The van der Waals surface area contributed by atoms with Gasteiger partial charge in [0.2, 0.25) is 11.8 Å². The summed E-state index contributed by atoms with van der Waals surface area (Å²) in [5.41, 5.74) is 0. The Morgan fingerprint density at radius 1 is 1.28 bits per heavy atom. The predicted molar refractivity (Wildman–Crippen MR) is 93.1 cm³/mol. The third-order valence-corrected chi connectivity index (χ3v) is 4.95. The standard InChI is InChI=1S/C17H27N5O3/c1-13-12-15(20-25-13)19-17(24)14-2-7-21(8-3-14)9-4-16(23)22-10-5-18-6-11-22/h12,14,18H,2-11H2,1H3,(H,19,20,24). The molecule has 3 heterocycles. The highest BCUT2D eigenvalue weighted by Gasteiger charge is 2.26. The molecule has 2 N–H and O–H groups in total. The first-order valence-corrected chi connectivity index (χ1v) is 9.07. The van der Waals surface area contributed by atoms with E-state index >= 15 is 0 Å². The van der Waals surface area contributed by atoms with Crippen molar-refractivity contribution in [3.8, 4) is 0 Å². The van der Waals surface area contributed by atoms with Gasteiger partial charge in [-0.3, -0.25) is 9.59 Å². The highest BCUT2D eigenvalue weighted by atomic mass is 16.5. The molecule has 25 heavy (non-hydrogen) atoms. The van der Waals surface area contributed by atoms with Crippen LogP contribution in [0.2, 0.25) is 0 Å². The predicted octanol–water partition coefficient (Wildman–Crippen LogP) is 0.455. The zero-order valence-electron chi connectivity index (χ0n) is 14.8. The van der Waals surface area contributed by atoms with Crippen LogP contribution in [0, 0.1) is 12.8 Å². The third kappa shape index (κ3) is 5.02. The van der Waals surface area contributed by atoms with Gasteiger partial charge in [-0.15, -0.1) is 0 Å². The zero-order chi connectivity index (χ0) is 17.6. The number of nitrogens with zero attached hydrogens (tertiary/aromatic N) is 3. The molecule has 2 aliphatic heterocycles. The van der Waals surface area contributed by atoms with E-state index in [-0.39, 0.29) is 17.7 Å². The van der Waals surface area contributed by atoms with Crippen molar-refractivity contribution in [1.29, 1.82) is 0 Å². The maximum Gasteiger partial charge on any atom is 0.228 e. The van der Waals surface area contributed by atoms with Gasteiger partial charge < -0.3 is 25.0 Å². The summed E-state index contributed by atoms with van der Waals surface area (Å²) in [7, 11) is 0. The molecule has 0 unspecified atom stereocenters. The zero-order valence-corrected chi connectivity index (χ0v) is 14.8. The second-order valence-corrected chi connectivity index (χ2v) is 6.81. The molecule has 8 heteroatoms. The largest absolute Gasteiger partial charge is 0.360 e. The lowest BCUT2D eigenvalue weighted by Crippen LogP contribution is -2.47. The van der Waals surface area contributed by atoms with Gasteiger partial charge in [0, 0.05) is 51.1 Å². The van der Waals surface area contributed by atoms with E-state index in [2.05, 4.69) is 20.7 Å². The van der Waals surface area contributed by atoms with Crippen molar-refractivity contribution >= 4 is 17.6 Å². The van der Waals surface area contributed by atoms with Gasteiger partial charge >= 0.3 is 0 Å². The summed E-state index contributed by atoms with van der Waals surface area (Å²) in [6.45, 7) is 7.66. The topological polar surface area (TPSA) is 90.7 Å².